The number of piperazine rings is 1. The Labute approximate surface area is 352 Å². The van der Waals surface area contributed by atoms with Gasteiger partial charge in [0.05, 0.1) is 17.8 Å². The van der Waals surface area contributed by atoms with Crippen molar-refractivity contribution in [1.29, 1.82) is 0 Å². The lowest BCUT2D eigenvalue weighted by atomic mass is 9.77. The van der Waals surface area contributed by atoms with Gasteiger partial charge in [0.15, 0.2) is 5.82 Å². The first-order chi connectivity index (χ1) is 29.5. The van der Waals surface area contributed by atoms with Gasteiger partial charge < -0.3 is 29.5 Å². The van der Waals surface area contributed by atoms with Gasteiger partial charge in [-0.25, -0.2) is 13.9 Å². The van der Waals surface area contributed by atoms with Gasteiger partial charge in [0.1, 0.15) is 39.5 Å². The maximum Gasteiger partial charge on any atom is 0.410 e. The predicted molar refractivity (Wildman–Crippen MR) is 232 cm³/mol. The van der Waals surface area contributed by atoms with Gasteiger partial charge in [0, 0.05) is 50.8 Å². The predicted octanol–water partition coefficient (Wildman–Crippen LogP) is 7.75. The van der Waals surface area contributed by atoms with Gasteiger partial charge in [-0.3, -0.25) is 4.79 Å². The third-order valence-electron chi connectivity index (χ3n) is 10.7. The van der Waals surface area contributed by atoms with Gasteiger partial charge in [-0.05, 0) is 61.7 Å². The number of anilines is 1. The Bertz CT molecular complexity index is 2590. The van der Waals surface area contributed by atoms with Crippen LogP contribution in [-0.2, 0) is 10.3 Å². The Hall–Kier alpha value is -6.99. The molecule has 0 radical (unpaired) electrons. The van der Waals surface area contributed by atoms with Gasteiger partial charge in [-0.1, -0.05) is 103 Å². The number of fused-ring (bicyclic) bond motifs is 1. The highest BCUT2D eigenvalue weighted by atomic mass is 19.1. The van der Waals surface area contributed by atoms with Gasteiger partial charge in [-0.15, -0.1) is 0 Å². The van der Waals surface area contributed by atoms with Crippen molar-refractivity contribution in [3.63, 3.8) is 0 Å². The largest absolute Gasteiger partial charge is 0.506 e. The summed E-state index contributed by atoms with van der Waals surface area (Å²) in [6, 6.07) is 40.5. The number of halogens is 1. The van der Waals surface area contributed by atoms with E-state index in [1.807, 2.05) is 135 Å². The zero-order valence-corrected chi connectivity index (χ0v) is 34.2. The molecule has 0 saturated carbocycles. The summed E-state index contributed by atoms with van der Waals surface area (Å²) in [4.78, 5) is 30.9. The van der Waals surface area contributed by atoms with Crippen LogP contribution in [0.4, 0.5) is 14.9 Å². The second-order valence-electron chi connectivity index (χ2n) is 15.9. The van der Waals surface area contributed by atoms with Gasteiger partial charge in [0.25, 0.3) is 5.56 Å². The number of aromatic hydroxyl groups is 1. The van der Waals surface area contributed by atoms with Gasteiger partial charge in [0.2, 0.25) is 0 Å². The summed E-state index contributed by atoms with van der Waals surface area (Å²) >= 11 is 0. The van der Waals surface area contributed by atoms with E-state index in [0.717, 1.165) is 33.1 Å². The molecule has 3 heterocycles. The summed E-state index contributed by atoms with van der Waals surface area (Å²) in [6.07, 6.45) is 0.0260. The maximum atomic E-state index is 15.5. The lowest BCUT2D eigenvalue weighted by Gasteiger charge is -2.37. The number of carbonyl (C=O) groups is 1. The number of ether oxygens (including phenoxy) is 2. The first-order valence-electron chi connectivity index (χ1n) is 20.3. The Balaban J connectivity index is 1.36. The van der Waals surface area contributed by atoms with Crippen molar-refractivity contribution >= 4 is 22.8 Å². The van der Waals surface area contributed by atoms with Crippen molar-refractivity contribution in [2.24, 2.45) is 0 Å². The van der Waals surface area contributed by atoms with E-state index in [4.69, 9.17) is 19.7 Å². The molecule has 1 fully saturated rings. The third-order valence-corrected chi connectivity index (χ3v) is 10.7. The molecule has 1 amide bonds. The fraction of sp³-hybridized carbons (Fsp3) is 0.250. The van der Waals surface area contributed by atoms with Crippen molar-refractivity contribution in [1.82, 2.24) is 24.5 Å². The first kappa shape index (κ1) is 40.8. The maximum absolute atomic E-state index is 15.5. The monoisotopic (exact) mass is 822 g/mol. The molecule has 13 heteroatoms. The molecule has 0 aliphatic carbocycles. The van der Waals surface area contributed by atoms with Crippen LogP contribution in [-0.4, -0.2) is 85.8 Å². The number of phenols is 1. The molecule has 0 atom stereocenters. The third kappa shape index (κ3) is 7.92. The smallest absolute Gasteiger partial charge is 0.410 e. The Kier molecular flexibility index (Phi) is 11.3. The minimum Gasteiger partial charge on any atom is -0.506 e. The van der Waals surface area contributed by atoms with E-state index in [9.17, 15) is 19.8 Å². The zero-order chi connectivity index (χ0) is 42.7. The minimum absolute atomic E-state index is 0.0660. The number of amides is 1. The molecule has 0 unspecified atom stereocenters. The van der Waals surface area contributed by atoms with Crippen molar-refractivity contribution in [2.45, 2.75) is 38.3 Å². The van der Waals surface area contributed by atoms with E-state index in [1.54, 1.807) is 4.90 Å². The number of hydrogen-bond acceptors (Lipinski definition) is 9. The second kappa shape index (κ2) is 16.9. The zero-order valence-electron chi connectivity index (χ0n) is 34.2. The number of aliphatic hydroxyl groups is 1. The Morgan fingerprint density at radius 3 is 1.93 bits per heavy atom. The van der Waals surface area contributed by atoms with Crippen molar-refractivity contribution in [3.05, 3.63) is 166 Å². The number of aliphatic hydroxyl groups excluding tert-OH is 1. The summed E-state index contributed by atoms with van der Waals surface area (Å²) in [5.41, 5.74) is 2.06. The van der Waals surface area contributed by atoms with Crippen LogP contribution in [0.3, 0.4) is 0 Å². The number of aromatic nitrogens is 4. The molecule has 1 aliphatic rings. The average molecular weight is 823 g/mol. The summed E-state index contributed by atoms with van der Waals surface area (Å²) in [7, 11) is 0. The van der Waals surface area contributed by atoms with Gasteiger partial charge >= 0.3 is 6.09 Å². The molecule has 2 N–H and O–H groups in total. The summed E-state index contributed by atoms with van der Waals surface area (Å²) in [6.45, 7) is 7.59. The molecule has 312 valence electrons. The van der Waals surface area contributed by atoms with Crippen molar-refractivity contribution in [2.75, 3.05) is 44.3 Å². The molecule has 0 spiro atoms. The highest BCUT2D eigenvalue weighted by Gasteiger charge is 2.42. The van der Waals surface area contributed by atoms with Crippen LogP contribution in [0.2, 0.25) is 0 Å². The molecule has 5 aromatic carbocycles. The van der Waals surface area contributed by atoms with Crippen LogP contribution in [0, 0.1) is 5.82 Å². The number of nitrogens with zero attached hydrogens (tertiary/aromatic N) is 6. The number of rotatable bonds is 11. The number of hydrogen-bond donors (Lipinski definition) is 2. The van der Waals surface area contributed by atoms with Crippen LogP contribution in [0.25, 0.3) is 28.0 Å². The fourth-order valence-electron chi connectivity index (χ4n) is 7.95. The van der Waals surface area contributed by atoms with Crippen molar-refractivity contribution in [3.8, 4) is 28.4 Å². The number of benzene rings is 5. The molecule has 2 aromatic heterocycles. The lowest BCUT2D eigenvalue weighted by Crippen LogP contribution is -2.50. The molecule has 12 nitrogen and oxygen atoms in total. The summed E-state index contributed by atoms with van der Waals surface area (Å²) in [5.74, 6) is -0.767. The van der Waals surface area contributed by atoms with E-state index < -0.39 is 28.3 Å². The molecule has 1 saturated heterocycles. The topological polar surface area (TPSA) is 135 Å². The molecule has 1 aliphatic heterocycles. The molecule has 8 rings (SSSR count). The fourth-order valence-corrected chi connectivity index (χ4v) is 7.95. The molecular weight excluding hydrogens is 776 g/mol. The quantitative estimate of drug-likeness (QED) is 0.0992. The van der Waals surface area contributed by atoms with Crippen molar-refractivity contribution < 1.29 is 28.9 Å². The van der Waals surface area contributed by atoms with E-state index in [2.05, 4.69) is 4.90 Å². The minimum atomic E-state index is -1.16. The van der Waals surface area contributed by atoms with E-state index in [0.29, 0.717) is 55.1 Å². The van der Waals surface area contributed by atoms with Gasteiger partial charge in [-0.2, -0.15) is 14.9 Å². The Morgan fingerprint density at radius 1 is 0.770 bits per heavy atom. The molecule has 61 heavy (non-hydrogen) atoms. The normalized spacial score (nSPS) is 13.4. The second-order valence-corrected chi connectivity index (χ2v) is 15.9. The Morgan fingerprint density at radius 2 is 1.38 bits per heavy atom. The van der Waals surface area contributed by atoms with E-state index in [-0.39, 0.29) is 30.5 Å². The summed E-state index contributed by atoms with van der Waals surface area (Å²) in [5, 5.41) is 30.8. The van der Waals surface area contributed by atoms with Crippen LogP contribution < -0.4 is 15.2 Å². The number of phenolic OH excluding ortho intramolecular Hbond substituents is 1. The molecular formula is C48H47FN6O6. The van der Waals surface area contributed by atoms with E-state index >= 15 is 4.39 Å². The standard InChI is InChI=1S/C48H47FN6O6/c1-47(2,3)61-46(59)53-27-25-52(26-28-53)38-24-23-33(31-41(38)60-30-14-29-56)43-44-39(32-42(58)54(50-44)45-37(49)21-13-22-40(45)57)55(51-43)48(34-15-7-4-8-16-34,35-17-9-5-10-18-35)36-19-11-6-12-20-36/h4-13,15-24,31-32,56-57H,14,25-30H2,1-3H3. The van der Waals surface area contributed by atoms with Crippen LogP contribution in [0.1, 0.15) is 43.9 Å². The van der Waals surface area contributed by atoms with Crippen LogP contribution in [0.15, 0.2) is 138 Å². The highest BCUT2D eigenvalue weighted by molar-refractivity contribution is 5.91. The molecule has 0 bridgehead atoms. The SMILES string of the molecule is CC(C)(C)OC(=O)N1CCN(c2ccc(-c3nn(C(c4ccccc4)(c4ccccc4)c4ccccc4)c4cc(=O)n(-c5c(O)cccc5F)nc34)cc2OCCCO)CC1. The van der Waals surface area contributed by atoms with E-state index in [1.165, 1.54) is 18.2 Å². The lowest BCUT2D eigenvalue weighted by molar-refractivity contribution is 0.0240. The average Bonchev–Trinajstić information content (AvgIpc) is 3.62. The number of para-hydroxylation sites is 1. The van der Waals surface area contributed by atoms with Crippen LogP contribution >= 0.6 is 0 Å². The molecule has 7 aromatic rings. The first-order valence-corrected chi connectivity index (χ1v) is 20.3. The number of carbonyl (C=O) groups excluding carboxylic acids is 1. The van der Waals surface area contributed by atoms with Crippen LogP contribution in [0.5, 0.6) is 11.5 Å². The summed E-state index contributed by atoms with van der Waals surface area (Å²) < 4.78 is 30.2. The highest BCUT2D eigenvalue weighted by Crippen LogP contribution is 2.44.